The van der Waals surface area contributed by atoms with Crippen molar-refractivity contribution in [3.05, 3.63) is 52.2 Å². The number of thiophene rings is 1. The Morgan fingerprint density at radius 2 is 2.18 bits per heavy atom. The van der Waals surface area contributed by atoms with Gasteiger partial charge >= 0.3 is 6.61 Å². The van der Waals surface area contributed by atoms with Crippen LogP contribution >= 0.6 is 23.1 Å². The van der Waals surface area contributed by atoms with Crippen LogP contribution in [0.2, 0.25) is 0 Å². The summed E-state index contributed by atoms with van der Waals surface area (Å²) in [5, 5.41) is 4.79. The fourth-order valence-electron chi connectivity index (χ4n) is 1.72. The van der Waals surface area contributed by atoms with E-state index in [2.05, 4.69) is 16.1 Å². The first kappa shape index (κ1) is 16.8. The molecular weight excluding hydrogens is 328 g/mol. The number of benzene rings is 1. The van der Waals surface area contributed by atoms with Crippen LogP contribution in [0, 0.1) is 0 Å². The molecule has 0 saturated heterocycles. The molecule has 1 aromatic carbocycles. The lowest BCUT2D eigenvalue weighted by Crippen LogP contribution is -2.25. The largest absolute Gasteiger partial charge is 0.435 e. The highest BCUT2D eigenvalue weighted by molar-refractivity contribution is 7.98. The van der Waals surface area contributed by atoms with Crippen LogP contribution in [-0.4, -0.2) is 24.8 Å². The van der Waals surface area contributed by atoms with Gasteiger partial charge in [0.1, 0.15) is 5.75 Å². The van der Waals surface area contributed by atoms with E-state index in [0.29, 0.717) is 12.1 Å². The zero-order valence-corrected chi connectivity index (χ0v) is 13.3. The summed E-state index contributed by atoms with van der Waals surface area (Å²) in [6, 6.07) is 9.85. The highest BCUT2D eigenvalue weighted by atomic mass is 32.2. The van der Waals surface area contributed by atoms with Gasteiger partial charge in [0.2, 0.25) is 0 Å². The molecule has 1 aromatic heterocycles. The Labute approximate surface area is 135 Å². The molecule has 2 aromatic rings. The van der Waals surface area contributed by atoms with Gasteiger partial charge in [0.25, 0.3) is 5.91 Å². The zero-order chi connectivity index (χ0) is 15.8. The van der Waals surface area contributed by atoms with E-state index in [9.17, 15) is 13.6 Å². The average Bonchev–Trinajstić information content (AvgIpc) is 2.99. The molecule has 7 heteroatoms. The molecule has 2 rings (SSSR count). The van der Waals surface area contributed by atoms with Crippen molar-refractivity contribution in [3.8, 4) is 5.75 Å². The number of hydrogen-bond donors (Lipinski definition) is 1. The van der Waals surface area contributed by atoms with Crippen molar-refractivity contribution in [2.75, 3.05) is 12.3 Å². The second-order valence-electron chi connectivity index (χ2n) is 4.29. The van der Waals surface area contributed by atoms with Gasteiger partial charge in [0.05, 0.1) is 0 Å². The van der Waals surface area contributed by atoms with Crippen LogP contribution in [0.25, 0.3) is 0 Å². The molecule has 3 nitrogen and oxygen atoms in total. The van der Waals surface area contributed by atoms with Gasteiger partial charge in [-0.1, -0.05) is 12.1 Å². The van der Waals surface area contributed by atoms with Crippen LogP contribution in [0.4, 0.5) is 8.78 Å². The second-order valence-corrected chi connectivity index (χ2v) is 6.43. The number of carbonyl (C=O) groups is 1. The number of halogens is 2. The molecule has 1 heterocycles. The number of amides is 1. The van der Waals surface area contributed by atoms with Crippen LogP contribution < -0.4 is 10.1 Å². The maximum absolute atomic E-state index is 12.1. The summed E-state index contributed by atoms with van der Waals surface area (Å²) in [5.74, 6) is 1.40. The number of hydrogen-bond acceptors (Lipinski definition) is 4. The van der Waals surface area contributed by atoms with Crippen LogP contribution in [0.5, 0.6) is 5.75 Å². The van der Waals surface area contributed by atoms with Gasteiger partial charge in [-0.25, -0.2) is 0 Å². The van der Waals surface area contributed by atoms with E-state index < -0.39 is 6.61 Å². The summed E-state index contributed by atoms with van der Waals surface area (Å²) in [6.45, 7) is -2.37. The Morgan fingerprint density at radius 3 is 2.91 bits per heavy atom. The lowest BCUT2D eigenvalue weighted by atomic mass is 10.2. The van der Waals surface area contributed by atoms with Crippen LogP contribution in [0.3, 0.4) is 0 Å². The molecule has 22 heavy (non-hydrogen) atoms. The van der Waals surface area contributed by atoms with Crippen molar-refractivity contribution >= 4 is 29.0 Å². The smallest absolute Gasteiger partial charge is 0.387 e. The number of alkyl halides is 2. The Kier molecular flexibility index (Phi) is 6.67. The maximum Gasteiger partial charge on any atom is 0.387 e. The Balaban J connectivity index is 1.72. The SMILES string of the molecule is O=C(NCCSCc1cccs1)c1cccc(OC(F)F)c1. The first-order chi connectivity index (χ1) is 10.6. The number of carbonyl (C=O) groups excluding carboxylic acids is 1. The van der Waals surface area contributed by atoms with E-state index in [1.807, 2.05) is 11.4 Å². The molecule has 0 atom stereocenters. The van der Waals surface area contributed by atoms with Crippen LogP contribution in [-0.2, 0) is 5.75 Å². The van der Waals surface area contributed by atoms with E-state index in [1.54, 1.807) is 29.2 Å². The number of ether oxygens (including phenoxy) is 1. The van der Waals surface area contributed by atoms with E-state index in [-0.39, 0.29) is 11.7 Å². The fourth-order valence-corrected chi connectivity index (χ4v) is 3.42. The molecule has 1 amide bonds. The predicted molar refractivity (Wildman–Crippen MR) is 85.9 cm³/mol. The lowest BCUT2D eigenvalue weighted by Gasteiger charge is -2.07. The fraction of sp³-hybridized carbons (Fsp3) is 0.267. The van der Waals surface area contributed by atoms with Gasteiger partial charge in [-0.05, 0) is 29.6 Å². The first-order valence-electron chi connectivity index (χ1n) is 6.58. The Hall–Kier alpha value is -1.60. The quantitative estimate of drug-likeness (QED) is 0.736. The minimum atomic E-state index is -2.90. The highest BCUT2D eigenvalue weighted by Gasteiger charge is 2.09. The molecule has 0 bridgehead atoms. The molecular formula is C15H15F2NO2S2. The van der Waals surface area contributed by atoms with Gasteiger partial charge < -0.3 is 10.1 Å². The first-order valence-corrected chi connectivity index (χ1v) is 8.62. The normalized spacial score (nSPS) is 10.7. The van der Waals surface area contributed by atoms with Gasteiger partial charge in [0.15, 0.2) is 0 Å². The monoisotopic (exact) mass is 343 g/mol. The molecule has 0 spiro atoms. The third-order valence-electron chi connectivity index (χ3n) is 2.68. The van der Waals surface area contributed by atoms with Crippen molar-refractivity contribution in [1.29, 1.82) is 0 Å². The zero-order valence-electron chi connectivity index (χ0n) is 11.6. The van der Waals surface area contributed by atoms with Crippen LogP contribution in [0.15, 0.2) is 41.8 Å². The maximum atomic E-state index is 12.1. The molecule has 0 saturated carbocycles. The Bertz CT molecular complexity index is 591. The molecule has 0 radical (unpaired) electrons. The average molecular weight is 343 g/mol. The van der Waals surface area contributed by atoms with E-state index in [4.69, 9.17) is 0 Å². The third kappa shape index (κ3) is 5.65. The summed E-state index contributed by atoms with van der Waals surface area (Å²) in [4.78, 5) is 13.2. The molecule has 1 N–H and O–H groups in total. The minimum Gasteiger partial charge on any atom is -0.435 e. The summed E-state index contributed by atoms with van der Waals surface area (Å²) in [6.07, 6.45) is 0. The minimum absolute atomic E-state index is 0.0188. The van der Waals surface area contributed by atoms with Crippen molar-refractivity contribution < 1.29 is 18.3 Å². The van der Waals surface area contributed by atoms with E-state index in [0.717, 1.165) is 11.5 Å². The predicted octanol–water partition coefficient (Wildman–Crippen LogP) is 4.01. The number of nitrogens with one attached hydrogen (secondary N) is 1. The van der Waals surface area contributed by atoms with E-state index in [1.165, 1.54) is 23.1 Å². The molecule has 0 fully saturated rings. The second kappa shape index (κ2) is 8.75. The molecule has 0 unspecified atom stereocenters. The highest BCUT2D eigenvalue weighted by Crippen LogP contribution is 2.17. The molecule has 0 aliphatic rings. The number of thioether (sulfide) groups is 1. The van der Waals surface area contributed by atoms with Crippen molar-refractivity contribution in [2.45, 2.75) is 12.4 Å². The molecule has 0 aliphatic heterocycles. The standard InChI is InChI=1S/C15H15F2NO2S2/c16-15(17)20-12-4-1-3-11(9-12)14(19)18-6-8-21-10-13-5-2-7-22-13/h1-5,7,9,15H,6,8,10H2,(H,18,19). The van der Waals surface area contributed by atoms with Crippen LogP contribution in [0.1, 0.15) is 15.2 Å². The third-order valence-corrected chi connectivity index (χ3v) is 4.74. The summed E-state index contributed by atoms with van der Waals surface area (Å²) in [5.41, 5.74) is 0.307. The summed E-state index contributed by atoms with van der Waals surface area (Å²) < 4.78 is 28.5. The van der Waals surface area contributed by atoms with Gasteiger partial charge in [0, 0.05) is 28.5 Å². The number of rotatable bonds is 8. The van der Waals surface area contributed by atoms with Crippen molar-refractivity contribution in [2.24, 2.45) is 0 Å². The lowest BCUT2D eigenvalue weighted by molar-refractivity contribution is -0.0498. The molecule has 118 valence electrons. The van der Waals surface area contributed by atoms with Crippen molar-refractivity contribution in [1.82, 2.24) is 5.32 Å². The van der Waals surface area contributed by atoms with Gasteiger partial charge in [-0.2, -0.15) is 20.5 Å². The Morgan fingerprint density at radius 1 is 1.32 bits per heavy atom. The van der Waals surface area contributed by atoms with E-state index >= 15 is 0 Å². The summed E-state index contributed by atoms with van der Waals surface area (Å²) in [7, 11) is 0. The van der Waals surface area contributed by atoms with Crippen molar-refractivity contribution in [3.63, 3.8) is 0 Å². The topological polar surface area (TPSA) is 38.3 Å². The molecule has 0 aliphatic carbocycles. The van der Waals surface area contributed by atoms with Gasteiger partial charge in [-0.3, -0.25) is 4.79 Å². The summed E-state index contributed by atoms with van der Waals surface area (Å²) >= 11 is 3.44. The van der Waals surface area contributed by atoms with Gasteiger partial charge in [-0.15, -0.1) is 11.3 Å².